The first-order valence-electron chi connectivity index (χ1n) is 6.33. The molecule has 0 spiro atoms. The van der Waals surface area contributed by atoms with Crippen LogP contribution in [0.2, 0.25) is 0 Å². The Morgan fingerprint density at radius 1 is 1.24 bits per heavy atom. The van der Waals surface area contributed by atoms with Gasteiger partial charge in [-0.2, -0.15) is 0 Å². The second kappa shape index (κ2) is 6.03. The average molecular weight is 235 g/mol. The van der Waals surface area contributed by atoms with Gasteiger partial charge in [0.2, 0.25) is 0 Å². The Morgan fingerprint density at radius 3 is 2.41 bits per heavy atom. The molecule has 0 radical (unpaired) electrons. The Morgan fingerprint density at radius 2 is 1.88 bits per heavy atom. The number of hydrogen-bond acceptors (Lipinski definition) is 3. The maximum Gasteiger partial charge on any atom is 0.118 e. The maximum atomic E-state index is 6.05. The second-order valence-corrected chi connectivity index (χ2v) is 4.54. The van der Waals surface area contributed by atoms with Crippen LogP contribution < -0.4 is 10.5 Å². The van der Waals surface area contributed by atoms with Crippen LogP contribution in [0.5, 0.6) is 5.75 Å². The third-order valence-electron chi connectivity index (χ3n) is 3.36. The molecule has 3 heteroatoms. The van der Waals surface area contributed by atoms with E-state index in [1.54, 1.807) is 7.11 Å². The van der Waals surface area contributed by atoms with E-state index < -0.39 is 0 Å². The summed E-state index contributed by atoms with van der Waals surface area (Å²) in [6, 6.07) is 7.97. The van der Waals surface area contributed by atoms with Crippen LogP contribution in [0.3, 0.4) is 0 Å². The summed E-state index contributed by atoms with van der Waals surface area (Å²) in [5.41, 5.74) is 6.94. The largest absolute Gasteiger partial charge is 0.497 e. The van der Waals surface area contributed by atoms with Crippen molar-refractivity contribution < 1.29 is 9.47 Å². The van der Waals surface area contributed by atoms with E-state index in [9.17, 15) is 0 Å². The van der Waals surface area contributed by atoms with Crippen molar-refractivity contribution in [2.45, 2.75) is 37.9 Å². The summed E-state index contributed by atoms with van der Waals surface area (Å²) >= 11 is 0. The monoisotopic (exact) mass is 235 g/mol. The van der Waals surface area contributed by atoms with Crippen LogP contribution in [0.1, 0.15) is 37.4 Å². The van der Waals surface area contributed by atoms with Crippen molar-refractivity contribution in [3.8, 4) is 5.75 Å². The van der Waals surface area contributed by atoms with Gasteiger partial charge in [-0.3, -0.25) is 0 Å². The molecule has 0 heterocycles. The zero-order valence-electron chi connectivity index (χ0n) is 10.4. The molecule has 0 aliphatic heterocycles. The van der Waals surface area contributed by atoms with E-state index in [1.807, 2.05) is 24.3 Å². The molecule has 0 saturated heterocycles. The third kappa shape index (κ3) is 3.20. The lowest BCUT2D eigenvalue weighted by Crippen LogP contribution is -2.20. The van der Waals surface area contributed by atoms with Crippen molar-refractivity contribution in [1.82, 2.24) is 0 Å². The molecule has 1 aliphatic rings. The van der Waals surface area contributed by atoms with Crippen molar-refractivity contribution >= 4 is 0 Å². The molecule has 3 nitrogen and oxygen atoms in total. The summed E-state index contributed by atoms with van der Waals surface area (Å²) in [5.74, 6) is 0.866. The number of methoxy groups -OCH3 is 1. The van der Waals surface area contributed by atoms with Gasteiger partial charge in [0.1, 0.15) is 5.75 Å². The molecular formula is C14H21NO2. The van der Waals surface area contributed by atoms with E-state index >= 15 is 0 Å². The SMILES string of the molecule is COc1ccc(C(CN)OC2CCCC2)cc1. The van der Waals surface area contributed by atoms with Crippen LogP contribution in [-0.2, 0) is 4.74 Å². The van der Waals surface area contributed by atoms with Gasteiger partial charge in [0.05, 0.1) is 19.3 Å². The molecule has 1 unspecified atom stereocenters. The van der Waals surface area contributed by atoms with E-state index in [4.69, 9.17) is 15.2 Å². The first kappa shape index (κ1) is 12.4. The Kier molecular flexibility index (Phi) is 4.40. The topological polar surface area (TPSA) is 44.5 Å². The quantitative estimate of drug-likeness (QED) is 0.853. The maximum absolute atomic E-state index is 6.05. The molecule has 0 bridgehead atoms. The van der Waals surface area contributed by atoms with Gasteiger partial charge in [-0.1, -0.05) is 25.0 Å². The highest BCUT2D eigenvalue weighted by atomic mass is 16.5. The summed E-state index contributed by atoms with van der Waals surface area (Å²) in [4.78, 5) is 0. The molecule has 1 aromatic rings. The third-order valence-corrected chi connectivity index (χ3v) is 3.36. The molecule has 1 aliphatic carbocycles. The van der Waals surface area contributed by atoms with Crippen LogP contribution >= 0.6 is 0 Å². The molecule has 0 amide bonds. The van der Waals surface area contributed by atoms with Gasteiger partial charge in [0, 0.05) is 6.54 Å². The lowest BCUT2D eigenvalue weighted by atomic mass is 10.1. The number of nitrogens with two attached hydrogens (primary N) is 1. The van der Waals surface area contributed by atoms with Crippen molar-refractivity contribution in [2.24, 2.45) is 5.73 Å². The van der Waals surface area contributed by atoms with E-state index in [-0.39, 0.29) is 6.10 Å². The zero-order chi connectivity index (χ0) is 12.1. The molecule has 0 aromatic heterocycles. The van der Waals surface area contributed by atoms with Gasteiger partial charge in [0.25, 0.3) is 0 Å². The Bertz CT molecular complexity index is 331. The van der Waals surface area contributed by atoms with Crippen molar-refractivity contribution in [2.75, 3.05) is 13.7 Å². The summed E-state index contributed by atoms with van der Waals surface area (Å²) in [5, 5.41) is 0. The van der Waals surface area contributed by atoms with Gasteiger partial charge in [-0.25, -0.2) is 0 Å². The molecule has 1 fully saturated rings. The van der Waals surface area contributed by atoms with Crippen molar-refractivity contribution in [1.29, 1.82) is 0 Å². The van der Waals surface area contributed by atoms with Crippen molar-refractivity contribution in [3.63, 3.8) is 0 Å². The van der Waals surface area contributed by atoms with Crippen LogP contribution in [0, 0.1) is 0 Å². The minimum Gasteiger partial charge on any atom is -0.497 e. The van der Waals surface area contributed by atoms with Crippen LogP contribution in [0.4, 0.5) is 0 Å². The second-order valence-electron chi connectivity index (χ2n) is 4.54. The Balaban J connectivity index is 2.00. The smallest absolute Gasteiger partial charge is 0.118 e. The van der Waals surface area contributed by atoms with Gasteiger partial charge < -0.3 is 15.2 Å². The lowest BCUT2D eigenvalue weighted by Gasteiger charge is -2.21. The predicted octanol–water partition coefficient (Wildman–Crippen LogP) is 2.65. The summed E-state index contributed by atoms with van der Waals surface area (Å²) in [6.45, 7) is 0.531. The predicted molar refractivity (Wildman–Crippen MR) is 68.1 cm³/mol. The molecule has 2 rings (SSSR count). The molecule has 2 N–H and O–H groups in total. The number of benzene rings is 1. The normalized spacial score (nSPS) is 18.2. The standard InChI is InChI=1S/C14H21NO2/c1-16-12-8-6-11(7-9-12)14(10-15)17-13-4-2-3-5-13/h6-9,13-14H,2-5,10,15H2,1H3. The van der Waals surface area contributed by atoms with Crippen LogP contribution in [0.15, 0.2) is 24.3 Å². The number of rotatable bonds is 5. The number of hydrogen-bond donors (Lipinski definition) is 1. The van der Waals surface area contributed by atoms with E-state index in [2.05, 4.69) is 0 Å². The minimum absolute atomic E-state index is 0.0176. The fraction of sp³-hybridized carbons (Fsp3) is 0.571. The molecular weight excluding hydrogens is 214 g/mol. The molecule has 94 valence electrons. The highest BCUT2D eigenvalue weighted by Crippen LogP contribution is 2.28. The first-order valence-corrected chi connectivity index (χ1v) is 6.33. The molecule has 17 heavy (non-hydrogen) atoms. The molecule has 1 aromatic carbocycles. The van der Waals surface area contributed by atoms with Gasteiger partial charge in [0.15, 0.2) is 0 Å². The minimum atomic E-state index is 0.0176. The van der Waals surface area contributed by atoms with Gasteiger partial charge >= 0.3 is 0 Å². The first-order chi connectivity index (χ1) is 8.33. The van der Waals surface area contributed by atoms with Crippen LogP contribution in [-0.4, -0.2) is 19.8 Å². The summed E-state index contributed by atoms with van der Waals surface area (Å²) < 4.78 is 11.2. The average Bonchev–Trinajstić information content (AvgIpc) is 2.89. The molecule has 1 saturated carbocycles. The Labute approximate surface area is 103 Å². The lowest BCUT2D eigenvalue weighted by molar-refractivity contribution is -0.00438. The zero-order valence-corrected chi connectivity index (χ0v) is 10.4. The van der Waals surface area contributed by atoms with E-state index in [0.717, 1.165) is 11.3 Å². The molecule has 1 atom stereocenters. The fourth-order valence-electron chi connectivity index (χ4n) is 2.35. The van der Waals surface area contributed by atoms with Crippen LogP contribution in [0.25, 0.3) is 0 Å². The summed E-state index contributed by atoms with van der Waals surface area (Å²) in [6.07, 6.45) is 5.32. The van der Waals surface area contributed by atoms with E-state index in [0.29, 0.717) is 12.6 Å². The van der Waals surface area contributed by atoms with Crippen molar-refractivity contribution in [3.05, 3.63) is 29.8 Å². The number of ether oxygens (including phenoxy) is 2. The van der Waals surface area contributed by atoms with Gasteiger partial charge in [-0.15, -0.1) is 0 Å². The van der Waals surface area contributed by atoms with Gasteiger partial charge in [-0.05, 0) is 30.5 Å². The highest BCUT2D eigenvalue weighted by molar-refractivity contribution is 5.28. The summed E-state index contributed by atoms with van der Waals surface area (Å²) in [7, 11) is 1.67. The fourth-order valence-corrected chi connectivity index (χ4v) is 2.35. The Hall–Kier alpha value is -1.06. The van der Waals surface area contributed by atoms with E-state index in [1.165, 1.54) is 25.7 Å². The highest BCUT2D eigenvalue weighted by Gasteiger charge is 2.20.